The number of rotatable bonds is 7. The molecule has 1 heterocycles. The molecule has 0 unspecified atom stereocenters. The lowest BCUT2D eigenvalue weighted by Crippen LogP contribution is -2.64. The van der Waals surface area contributed by atoms with E-state index in [0.717, 1.165) is 12.8 Å². The Balaban J connectivity index is 2.28. The first-order chi connectivity index (χ1) is 14.5. The SMILES string of the molecule is CC(=O)N[C@@H]1[C@@H](NC(=O)OC(C)(C)C)CC(C(=O)O)=C[C@H]1N1CCC[C@H](OCCO)C1. The summed E-state index contributed by atoms with van der Waals surface area (Å²) >= 11 is 0. The number of hydrogen-bond acceptors (Lipinski definition) is 7. The normalized spacial score (nSPS) is 27.2. The third-order valence-corrected chi connectivity index (χ3v) is 5.24. The van der Waals surface area contributed by atoms with E-state index < -0.39 is 35.8 Å². The number of likely N-dealkylation sites (tertiary alicyclic amines) is 1. The van der Waals surface area contributed by atoms with Gasteiger partial charge in [0.1, 0.15) is 5.60 Å². The molecule has 2 rings (SSSR count). The number of alkyl carbamates (subject to hydrolysis) is 1. The molecule has 176 valence electrons. The molecule has 10 heteroatoms. The molecule has 0 bridgehead atoms. The summed E-state index contributed by atoms with van der Waals surface area (Å²) in [6, 6.07) is -1.63. The number of aliphatic carboxylic acids is 1. The molecule has 1 fully saturated rings. The number of piperidine rings is 1. The van der Waals surface area contributed by atoms with Crippen LogP contribution in [0.15, 0.2) is 11.6 Å². The van der Waals surface area contributed by atoms with E-state index in [9.17, 15) is 19.5 Å². The highest BCUT2D eigenvalue weighted by atomic mass is 16.6. The van der Waals surface area contributed by atoms with Crippen molar-refractivity contribution >= 4 is 18.0 Å². The molecule has 1 aliphatic heterocycles. The third-order valence-electron chi connectivity index (χ3n) is 5.24. The Morgan fingerprint density at radius 2 is 1.97 bits per heavy atom. The van der Waals surface area contributed by atoms with Crippen LogP contribution in [0.1, 0.15) is 47.0 Å². The highest BCUT2D eigenvalue weighted by molar-refractivity contribution is 5.87. The highest BCUT2D eigenvalue weighted by Gasteiger charge is 2.41. The van der Waals surface area contributed by atoms with E-state index in [2.05, 4.69) is 15.5 Å². The van der Waals surface area contributed by atoms with E-state index >= 15 is 0 Å². The van der Waals surface area contributed by atoms with Crippen LogP contribution >= 0.6 is 0 Å². The van der Waals surface area contributed by atoms with Crippen LogP contribution < -0.4 is 10.6 Å². The maximum atomic E-state index is 12.4. The third kappa shape index (κ3) is 7.79. The molecule has 4 N–H and O–H groups in total. The zero-order chi connectivity index (χ0) is 23.2. The van der Waals surface area contributed by atoms with Crippen LogP contribution in [0.5, 0.6) is 0 Å². The maximum Gasteiger partial charge on any atom is 0.407 e. The van der Waals surface area contributed by atoms with Gasteiger partial charge in [0.2, 0.25) is 5.91 Å². The van der Waals surface area contributed by atoms with Gasteiger partial charge in [0.15, 0.2) is 0 Å². The second-order valence-electron chi connectivity index (χ2n) is 9.02. The molecule has 0 spiro atoms. The zero-order valence-corrected chi connectivity index (χ0v) is 18.7. The van der Waals surface area contributed by atoms with Crippen LogP contribution in [0.25, 0.3) is 0 Å². The number of ether oxygens (including phenoxy) is 2. The van der Waals surface area contributed by atoms with Crippen molar-refractivity contribution in [1.29, 1.82) is 0 Å². The number of nitrogens with zero attached hydrogens (tertiary/aromatic N) is 1. The number of carboxylic acid groups (broad SMARTS) is 1. The second kappa shape index (κ2) is 10.9. The number of hydrogen-bond donors (Lipinski definition) is 4. The van der Waals surface area contributed by atoms with Gasteiger partial charge in [-0.05, 0) is 40.2 Å². The van der Waals surface area contributed by atoms with E-state index in [0.29, 0.717) is 13.1 Å². The van der Waals surface area contributed by atoms with Crippen molar-refractivity contribution in [2.75, 3.05) is 26.3 Å². The molecular weight excluding hydrogens is 406 g/mol. The van der Waals surface area contributed by atoms with Crippen molar-refractivity contribution in [3.8, 4) is 0 Å². The first-order valence-corrected chi connectivity index (χ1v) is 10.7. The summed E-state index contributed by atoms with van der Waals surface area (Å²) in [5.74, 6) is -1.34. The van der Waals surface area contributed by atoms with E-state index in [1.165, 1.54) is 6.92 Å². The molecule has 0 aromatic heterocycles. The monoisotopic (exact) mass is 441 g/mol. The first-order valence-electron chi connectivity index (χ1n) is 10.7. The highest BCUT2D eigenvalue weighted by Crippen LogP contribution is 2.27. The van der Waals surface area contributed by atoms with E-state index in [1.807, 2.05) is 0 Å². The van der Waals surface area contributed by atoms with Gasteiger partial charge < -0.3 is 30.3 Å². The van der Waals surface area contributed by atoms with Gasteiger partial charge in [-0.15, -0.1) is 0 Å². The van der Waals surface area contributed by atoms with Crippen LogP contribution in [0.4, 0.5) is 4.79 Å². The van der Waals surface area contributed by atoms with Crippen molar-refractivity contribution in [2.45, 2.75) is 76.8 Å². The number of carbonyl (C=O) groups excluding carboxylic acids is 2. The lowest BCUT2D eigenvalue weighted by molar-refractivity contribution is -0.133. The van der Waals surface area contributed by atoms with Crippen LogP contribution in [-0.2, 0) is 19.1 Å². The predicted molar refractivity (Wildman–Crippen MR) is 113 cm³/mol. The second-order valence-corrected chi connectivity index (χ2v) is 9.02. The van der Waals surface area contributed by atoms with Crippen molar-refractivity contribution < 1.29 is 34.1 Å². The zero-order valence-electron chi connectivity index (χ0n) is 18.7. The summed E-state index contributed by atoms with van der Waals surface area (Å²) in [4.78, 5) is 38.3. The summed E-state index contributed by atoms with van der Waals surface area (Å²) in [7, 11) is 0. The van der Waals surface area contributed by atoms with Crippen LogP contribution in [0, 0.1) is 0 Å². The Morgan fingerprint density at radius 3 is 2.55 bits per heavy atom. The Labute approximate surface area is 182 Å². The molecule has 1 saturated heterocycles. The predicted octanol–water partition coefficient (Wildman–Crippen LogP) is 0.641. The molecule has 4 atom stereocenters. The lowest BCUT2D eigenvalue weighted by Gasteiger charge is -2.45. The molecule has 31 heavy (non-hydrogen) atoms. The molecule has 2 aliphatic rings. The molecule has 10 nitrogen and oxygen atoms in total. The van der Waals surface area contributed by atoms with Crippen LogP contribution in [-0.4, -0.2) is 89.2 Å². The minimum atomic E-state index is -1.06. The largest absolute Gasteiger partial charge is 0.478 e. The number of amides is 2. The van der Waals surface area contributed by atoms with Crippen molar-refractivity contribution in [2.24, 2.45) is 0 Å². The summed E-state index contributed by atoms with van der Waals surface area (Å²) in [6.07, 6.45) is 2.63. The molecule has 1 aliphatic carbocycles. The molecule has 2 amide bonds. The Hall–Kier alpha value is -2.17. The fourth-order valence-corrected chi connectivity index (χ4v) is 4.08. The fraction of sp³-hybridized carbons (Fsp3) is 0.762. The summed E-state index contributed by atoms with van der Waals surface area (Å²) in [5, 5.41) is 24.3. The van der Waals surface area contributed by atoms with Gasteiger partial charge in [-0.25, -0.2) is 9.59 Å². The molecule has 0 aromatic carbocycles. The van der Waals surface area contributed by atoms with Crippen LogP contribution in [0.3, 0.4) is 0 Å². The van der Waals surface area contributed by atoms with Crippen molar-refractivity contribution in [3.63, 3.8) is 0 Å². The van der Waals surface area contributed by atoms with Gasteiger partial charge >= 0.3 is 12.1 Å². The van der Waals surface area contributed by atoms with E-state index in [1.54, 1.807) is 26.8 Å². The summed E-state index contributed by atoms with van der Waals surface area (Å²) in [5.41, 5.74) is -0.539. The minimum Gasteiger partial charge on any atom is -0.478 e. The maximum absolute atomic E-state index is 12.4. The minimum absolute atomic E-state index is 0.0638. The molecule has 0 aromatic rings. The molecule has 0 radical (unpaired) electrons. The van der Waals surface area contributed by atoms with Gasteiger partial charge in [-0.1, -0.05) is 6.08 Å². The number of carbonyl (C=O) groups is 3. The quantitative estimate of drug-likeness (QED) is 0.452. The van der Waals surface area contributed by atoms with E-state index in [4.69, 9.17) is 14.6 Å². The van der Waals surface area contributed by atoms with Crippen molar-refractivity contribution in [3.05, 3.63) is 11.6 Å². The van der Waals surface area contributed by atoms with Gasteiger partial charge in [0.25, 0.3) is 0 Å². The smallest absolute Gasteiger partial charge is 0.407 e. The molecular formula is C21H35N3O7. The van der Waals surface area contributed by atoms with Gasteiger partial charge in [-0.2, -0.15) is 0 Å². The standard InChI is InChI=1S/C21H35N3O7/c1-13(26)22-18-16(23-20(29)31-21(2,3)4)10-14(19(27)28)11-17(18)24-7-5-6-15(12-24)30-9-8-25/h11,15-18,25H,5-10,12H2,1-4H3,(H,22,26)(H,23,29)(H,27,28)/t15-,16-,17+,18+/m0/s1. The topological polar surface area (TPSA) is 137 Å². The number of nitrogens with one attached hydrogen (secondary N) is 2. The van der Waals surface area contributed by atoms with Gasteiger partial charge in [-0.3, -0.25) is 9.69 Å². The van der Waals surface area contributed by atoms with Gasteiger partial charge in [0, 0.05) is 25.5 Å². The summed E-state index contributed by atoms with van der Waals surface area (Å²) in [6.45, 7) is 8.00. The average Bonchev–Trinajstić information content (AvgIpc) is 2.65. The lowest BCUT2D eigenvalue weighted by atomic mass is 9.84. The fourth-order valence-electron chi connectivity index (χ4n) is 4.08. The average molecular weight is 442 g/mol. The Kier molecular flexibility index (Phi) is 8.84. The summed E-state index contributed by atoms with van der Waals surface area (Å²) < 4.78 is 11.0. The van der Waals surface area contributed by atoms with Gasteiger partial charge in [0.05, 0.1) is 37.4 Å². The first kappa shape index (κ1) is 25.1. The van der Waals surface area contributed by atoms with E-state index in [-0.39, 0.29) is 37.2 Å². The number of carboxylic acids is 1. The Morgan fingerprint density at radius 1 is 1.26 bits per heavy atom. The molecule has 0 saturated carbocycles. The number of aliphatic hydroxyl groups excluding tert-OH is 1. The van der Waals surface area contributed by atoms with Crippen LogP contribution in [0.2, 0.25) is 0 Å². The number of aliphatic hydroxyl groups is 1. The van der Waals surface area contributed by atoms with Crippen molar-refractivity contribution in [1.82, 2.24) is 15.5 Å². The Bertz CT molecular complexity index is 689.